The molecule has 0 aromatic carbocycles. The first kappa shape index (κ1) is 15.1. The lowest BCUT2D eigenvalue weighted by atomic mass is 10.3. The van der Waals surface area contributed by atoms with E-state index >= 15 is 0 Å². The summed E-state index contributed by atoms with van der Waals surface area (Å²) in [5.41, 5.74) is 0.0451. The van der Waals surface area contributed by atoms with Crippen molar-refractivity contribution in [2.75, 3.05) is 13.1 Å². The minimum atomic E-state index is -1.09. The molecule has 1 saturated heterocycles. The Kier molecular flexibility index (Phi) is 4.62. The van der Waals surface area contributed by atoms with Gasteiger partial charge in [0.25, 0.3) is 0 Å². The van der Waals surface area contributed by atoms with Gasteiger partial charge in [0, 0.05) is 19.3 Å². The van der Waals surface area contributed by atoms with E-state index in [0.29, 0.717) is 0 Å². The van der Waals surface area contributed by atoms with Crippen molar-refractivity contribution in [2.45, 2.75) is 32.4 Å². The highest BCUT2D eigenvalue weighted by Crippen LogP contribution is 2.09. The molecule has 2 N–H and O–H groups in total. The van der Waals surface area contributed by atoms with Crippen LogP contribution in [0.2, 0.25) is 0 Å². The van der Waals surface area contributed by atoms with Crippen LogP contribution in [-0.2, 0) is 16.1 Å². The smallest absolute Gasteiger partial charge is 0.352 e. The van der Waals surface area contributed by atoms with Crippen molar-refractivity contribution < 1.29 is 19.5 Å². The van der Waals surface area contributed by atoms with Crippen LogP contribution in [0.15, 0.2) is 18.3 Å². The molecule has 2 heterocycles. The molecule has 21 heavy (non-hydrogen) atoms. The number of carbonyl (C=O) groups excluding carboxylic acids is 2. The fraction of sp³-hybridized carbons (Fsp3) is 0.500. The summed E-state index contributed by atoms with van der Waals surface area (Å²) in [5, 5.41) is 11.6. The molecular weight excluding hydrogens is 274 g/mol. The minimum Gasteiger partial charge on any atom is -0.477 e. The average Bonchev–Trinajstić information content (AvgIpc) is 3.08. The molecule has 0 radical (unpaired) electrons. The fourth-order valence-corrected chi connectivity index (χ4v) is 2.46. The number of hydrogen-bond donors (Lipinski definition) is 2. The van der Waals surface area contributed by atoms with Crippen LogP contribution in [0, 0.1) is 0 Å². The van der Waals surface area contributed by atoms with Crippen LogP contribution < -0.4 is 5.32 Å². The van der Waals surface area contributed by atoms with E-state index < -0.39 is 12.0 Å². The summed E-state index contributed by atoms with van der Waals surface area (Å²) >= 11 is 0. The first-order chi connectivity index (χ1) is 9.99. The van der Waals surface area contributed by atoms with Gasteiger partial charge < -0.3 is 19.9 Å². The van der Waals surface area contributed by atoms with Crippen molar-refractivity contribution in [1.29, 1.82) is 0 Å². The zero-order valence-corrected chi connectivity index (χ0v) is 11.9. The summed E-state index contributed by atoms with van der Waals surface area (Å²) in [6, 6.07) is 2.39. The lowest BCUT2D eigenvalue weighted by Crippen LogP contribution is -2.46. The summed E-state index contributed by atoms with van der Waals surface area (Å²) in [5.74, 6) is -1.56. The first-order valence-corrected chi connectivity index (χ1v) is 6.95. The molecule has 1 fully saturated rings. The number of nitrogens with zero attached hydrogens (tertiary/aromatic N) is 2. The quantitative estimate of drug-likeness (QED) is 0.817. The standard InChI is InChI=1S/C14H19N3O4/c1-10(13(19)16-6-2-3-7-16)15-12(18)9-17-8-4-5-11(17)14(20)21/h4-5,8,10H,2-3,6-7,9H2,1H3,(H,15,18)(H,20,21). The molecule has 0 saturated carbocycles. The van der Waals surface area contributed by atoms with E-state index in [-0.39, 0.29) is 24.1 Å². The highest BCUT2D eigenvalue weighted by molar-refractivity contribution is 5.89. The zero-order chi connectivity index (χ0) is 15.4. The van der Waals surface area contributed by atoms with E-state index in [9.17, 15) is 14.4 Å². The molecule has 7 heteroatoms. The van der Waals surface area contributed by atoms with E-state index in [0.717, 1.165) is 25.9 Å². The van der Waals surface area contributed by atoms with E-state index in [1.165, 1.54) is 16.8 Å². The summed E-state index contributed by atoms with van der Waals surface area (Å²) in [4.78, 5) is 36.7. The number of carboxylic acids is 1. The Balaban J connectivity index is 1.90. The molecule has 1 unspecified atom stereocenters. The highest BCUT2D eigenvalue weighted by Gasteiger charge is 2.24. The summed E-state index contributed by atoms with van der Waals surface area (Å²) in [6.07, 6.45) is 3.52. The number of nitrogens with one attached hydrogen (secondary N) is 1. The molecule has 1 aliphatic heterocycles. The first-order valence-electron chi connectivity index (χ1n) is 6.95. The minimum absolute atomic E-state index is 0.0451. The average molecular weight is 293 g/mol. The Labute approximate surface area is 122 Å². The zero-order valence-electron chi connectivity index (χ0n) is 11.9. The van der Waals surface area contributed by atoms with Gasteiger partial charge in [-0.1, -0.05) is 0 Å². The van der Waals surface area contributed by atoms with Crippen molar-refractivity contribution in [3.05, 3.63) is 24.0 Å². The molecule has 0 spiro atoms. The van der Waals surface area contributed by atoms with Crippen molar-refractivity contribution in [2.24, 2.45) is 0 Å². The van der Waals surface area contributed by atoms with Gasteiger partial charge in [-0.2, -0.15) is 0 Å². The number of likely N-dealkylation sites (tertiary alicyclic amines) is 1. The predicted molar refractivity (Wildman–Crippen MR) is 74.8 cm³/mol. The second-order valence-electron chi connectivity index (χ2n) is 5.15. The molecule has 0 aliphatic carbocycles. The normalized spacial score (nSPS) is 15.8. The Morgan fingerprint density at radius 2 is 2.00 bits per heavy atom. The third-order valence-electron chi connectivity index (χ3n) is 3.53. The third kappa shape index (κ3) is 3.62. The van der Waals surface area contributed by atoms with Crippen LogP contribution in [0.1, 0.15) is 30.3 Å². The van der Waals surface area contributed by atoms with Gasteiger partial charge in [-0.25, -0.2) is 4.79 Å². The topological polar surface area (TPSA) is 91.6 Å². The van der Waals surface area contributed by atoms with E-state index in [1.54, 1.807) is 17.9 Å². The second kappa shape index (κ2) is 6.43. The van der Waals surface area contributed by atoms with Crippen molar-refractivity contribution >= 4 is 17.8 Å². The van der Waals surface area contributed by atoms with Gasteiger partial charge in [0.15, 0.2) is 0 Å². The second-order valence-corrected chi connectivity index (χ2v) is 5.15. The number of aromatic carboxylic acids is 1. The van der Waals surface area contributed by atoms with Crippen LogP contribution in [-0.4, -0.2) is 51.5 Å². The van der Waals surface area contributed by atoms with Gasteiger partial charge >= 0.3 is 5.97 Å². The number of rotatable bonds is 5. The summed E-state index contributed by atoms with van der Waals surface area (Å²) < 4.78 is 1.34. The maximum Gasteiger partial charge on any atom is 0.352 e. The third-order valence-corrected chi connectivity index (χ3v) is 3.53. The summed E-state index contributed by atoms with van der Waals surface area (Å²) in [6.45, 7) is 3.00. The lowest BCUT2D eigenvalue weighted by Gasteiger charge is -2.21. The number of hydrogen-bond acceptors (Lipinski definition) is 3. The van der Waals surface area contributed by atoms with E-state index in [2.05, 4.69) is 5.32 Å². The fourth-order valence-electron chi connectivity index (χ4n) is 2.46. The van der Waals surface area contributed by atoms with Gasteiger partial charge in [0.05, 0.1) is 0 Å². The molecule has 1 aromatic rings. The molecule has 7 nitrogen and oxygen atoms in total. The van der Waals surface area contributed by atoms with Crippen LogP contribution in [0.4, 0.5) is 0 Å². The number of carboxylic acid groups (broad SMARTS) is 1. The van der Waals surface area contributed by atoms with Gasteiger partial charge in [-0.05, 0) is 31.9 Å². The largest absolute Gasteiger partial charge is 0.477 e. The molecule has 1 aliphatic rings. The van der Waals surface area contributed by atoms with Gasteiger partial charge in [0.2, 0.25) is 11.8 Å². The van der Waals surface area contributed by atoms with Crippen LogP contribution in [0.25, 0.3) is 0 Å². The monoisotopic (exact) mass is 293 g/mol. The maximum absolute atomic E-state index is 12.1. The van der Waals surface area contributed by atoms with Gasteiger partial charge in [-0.3, -0.25) is 9.59 Å². The molecular formula is C14H19N3O4. The molecule has 2 amide bonds. The van der Waals surface area contributed by atoms with Crippen LogP contribution in [0.3, 0.4) is 0 Å². The van der Waals surface area contributed by atoms with Crippen molar-refractivity contribution in [3.8, 4) is 0 Å². The number of aromatic nitrogens is 1. The predicted octanol–water partition coefficient (Wildman–Crippen LogP) is 0.313. The summed E-state index contributed by atoms with van der Waals surface area (Å²) in [7, 11) is 0. The molecule has 2 rings (SSSR count). The lowest BCUT2D eigenvalue weighted by molar-refractivity contribution is -0.135. The number of carbonyl (C=O) groups is 3. The Morgan fingerprint density at radius 1 is 1.33 bits per heavy atom. The molecule has 0 bridgehead atoms. The van der Waals surface area contributed by atoms with E-state index in [4.69, 9.17) is 5.11 Å². The Morgan fingerprint density at radius 3 is 2.62 bits per heavy atom. The highest BCUT2D eigenvalue weighted by atomic mass is 16.4. The van der Waals surface area contributed by atoms with Crippen molar-refractivity contribution in [1.82, 2.24) is 14.8 Å². The van der Waals surface area contributed by atoms with Crippen LogP contribution in [0.5, 0.6) is 0 Å². The molecule has 114 valence electrons. The maximum atomic E-state index is 12.1. The van der Waals surface area contributed by atoms with Gasteiger partial charge in [-0.15, -0.1) is 0 Å². The van der Waals surface area contributed by atoms with Gasteiger partial charge in [0.1, 0.15) is 18.3 Å². The SMILES string of the molecule is CC(NC(=O)Cn1cccc1C(=O)O)C(=O)N1CCCC1. The molecule has 1 aromatic heterocycles. The Hall–Kier alpha value is -2.31. The van der Waals surface area contributed by atoms with Crippen LogP contribution >= 0.6 is 0 Å². The van der Waals surface area contributed by atoms with Crippen molar-refractivity contribution in [3.63, 3.8) is 0 Å². The number of amides is 2. The Bertz CT molecular complexity index is 546. The molecule has 1 atom stereocenters. The van der Waals surface area contributed by atoms with E-state index in [1.807, 2.05) is 0 Å².